The van der Waals surface area contributed by atoms with Gasteiger partial charge in [0.15, 0.2) is 11.7 Å². The highest BCUT2D eigenvalue weighted by atomic mass is 19.1. The van der Waals surface area contributed by atoms with Gasteiger partial charge >= 0.3 is 0 Å². The molecule has 0 aromatic rings. The molecule has 11 heteroatoms. The summed E-state index contributed by atoms with van der Waals surface area (Å²) in [6.45, 7) is 2.54. The number of hydrogen-bond acceptors (Lipinski definition) is 7. The Morgan fingerprint density at radius 1 is 1.00 bits per heavy atom. The lowest BCUT2D eigenvalue weighted by Gasteiger charge is -2.61. The van der Waals surface area contributed by atoms with Crippen molar-refractivity contribution in [2.75, 3.05) is 26.2 Å². The van der Waals surface area contributed by atoms with Gasteiger partial charge in [0.1, 0.15) is 6.17 Å². The quantitative estimate of drug-likeness (QED) is 0.201. The zero-order valence-corrected chi connectivity index (χ0v) is 26.0. The van der Waals surface area contributed by atoms with Crippen LogP contribution in [-0.2, 0) is 14.3 Å². The number of halogens is 1. The predicted molar refractivity (Wildman–Crippen MR) is 166 cm³/mol. The lowest BCUT2D eigenvalue weighted by molar-refractivity contribution is -0.219. The minimum Gasteiger partial charge on any atom is -0.370 e. The summed E-state index contributed by atoms with van der Waals surface area (Å²) in [4.78, 5) is 36.5. The van der Waals surface area contributed by atoms with Crippen LogP contribution in [0.3, 0.4) is 0 Å². The van der Waals surface area contributed by atoms with Crippen molar-refractivity contribution in [2.24, 2.45) is 51.8 Å². The number of aliphatic imine (C=N–C) groups is 1. The van der Waals surface area contributed by atoms with Crippen molar-refractivity contribution >= 4 is 17.6 Å². The van der Waals surface area contributed by atoms with Gasteiger partial charge in [-0.25, -0.2) is 4.39 Å². The van der Waals surface area contributed by atoms with Crippen LogP contribution in [0.15, 0.2) is 16.8 Å². The first-order valence-electron chi connectivity index (χ1n) is 17.4. The number of nitrogens with zero attached hydrogens (tertiary/aromatic N) is 3. The third-order valence-corrected chi connectivity index (χ3v) is 12.3. The van der Waals surface area contributed by atoms with Crippen molar-refractivity contribution in [3.8, 4) is 0 Å². The number of likely N-dealkylation sites (tertiary alicyclic amines) is 1. The summed E-state index contributed by atoms with van der Waals surface area (Å²) in [7, 11) is 0. The molecular formula is C33H52FN7O3. The Morgan fingerprint density at radius 3 is 2.52 bits per heavy atom. The maximum absolute atomic E-state index is 16.2. The number of hydrogen-bond donors (Lipinski definition) is 4. The Hall–Kier alpha value is -2.24. The number of ketones is 1. The molecule has 10 nitrogen and oxygen atoms in total. The summed E-state index contributed by atoms with van der Waals surface area (Å²) in [6, 6.07) is -0.503. The van der Waals surface area contributed by atoms with Gasteiger partial charge in [0.25, 0.3) is 5.91 Å². The van der Waals surface area contributed by atoms with Crippen molar-refractivity contribution in [3.63, 3.8) is 0 Å². The summed E-state index contributed by atoms with van der Waals surface area (Å²) in [6.07, 6.45) is 12.3. The topological polar surface area (TPSA) is 152 Å². The summed E-state index contributed by atoms with van der Waals surface area (Å²) in [5.41, 5.74) is 17.5. The van der Waals surface area contributed by atoms with Gasteiger partial charge in [0.05, 0.1) is 35.9 Å². The number of morpholine rings is 1. The third kappa shape index (κ3) is 5.77. The Kier molecular flexibility index (Phi) is 8.65. The molecule has 3 aliphatic heterocycles. The Bertz CT molecular complexity index is 1160. The second kappa shape index (κ2) is 12.5. The molecule has 4 aliphatic carbocycles. The van der Waals surface area contributed by atoms with E-state index in [1.807, 2.05) is 6.20 Å². The van der Waals surface area contributed by atoms with Crippen molar-refractivity contribution < 1.29 is 18.7 Å². The standard InChI is InChI=1S/C33H52FN7O3/c34-25-13-23-28-31(29(25)40-9-8-22(35)16-40)44-27-12-21-7-2-1-6-20(21)11-26(27)41(28)17-24(30(23)42)32(43)38-14-18-4-3-5-19(10-18)15-39-33(36)37/h17-23,25-29,31H,1-16,35H2,(H,38,43)(H4,36,37,39). The molecule has 7 rings (SSSR count). The van der Waals surface area contributed by atoms with Crippen LogP contribution in [-0.4, -0.2) is 96.2 Å². The number of carbonyl (C=O) groups excluding carboxylic acids is 2. The van der Waals surface area contributed by atoms with Gasteiger partial charge in [0.2, 0.25) is 0 Å². The Balaban J connectivity index is 1.13. The van der Waals surface area contributed by atoms with Crippen LogP contribution in [0.2, 0.25) is 0 Å². The van der Waals surface area contributed by atoms with Crippen molar-refractivity contribution in [3.05, 3.63) is 11.8 Å². The Morgan fingerprint density at radius 2 is 1.77 bits per heavy atom. The molecule has 7 N–H and O–H groups in total. The highest BCUT2D eigenvalue weighted by molar-refractivity contribution is 6.20. The summed E-state index contributed by atoms with van der Waals surface area (Å²) in [5, 5.41) is 3.11. The van der Waals surface area contributed by atoms with Gasteiger partial charge in [0, 0.05) is 44.3 Å². The molecule has 12 unspecified atom stereocenters. The fourth-order valence-electron chi connectivity index (χ4n) is 10.3. The SMILES string of the molecule is NC(N)=NCC1CCCC(CNC(=O)C2=CN3C4CC5CCCCC5CC4OC4C(N5CCC(N)C5)C(F)CC(C2=O)C43)C1. The van der Waals surface area contributed by atoms with Crippen molar-refractivity contribution in [2.45, 2.75) is 120 Å². The zero-order chi connectivity index (χ0) is 30.5. The maximum atomic E-state index is 16.2. The summed E-state index contributed by atoms with van der Waals surface area (Å²) >= 11 is 0. The van der Waals surface area contributed by atoms with E-state index in [9.17, 15) is 9.59 Å². The van der Waals surface area contributed by atoms with Crippen LogP contribution in [0.4, 0.5) is 4.39 Å². The molecule has 0 spiro atoms. The number of guanidine groups is 1. The number of Topliss-reactive ketones (excluding diaryl/α,β-unsaturated/α-hetero) is 1. The van der Waals surface area contributed by atoms with E-state index in [2.05, 4.69) is 20.1 Å². The molecule has 0 radical (unpaired) electrons. The molecule has 244 valence electrons. The first kappa shape index (κ1) is 30.4. The zero-order valence-electron chi connectivity index (χ0n) is 26.0. The molecule has 0 aromatic heterocycles. The van der Waals surface area contributed by atoms with Crippen molar-refractivity contribution in [1.82, 2.24) is 15.1 Å². The van der Waals surface area contributed by atoms with Gasteiger partial charge in [-0.05, 0) is 68.6 Å². The summed E-state index contributed by atoms with van der Waals surface area (Å²) < 4.78 is 23.2. The first-order chi connectivity index (χ1) is 21.3. The van der Waals surface area contributed by atoms with E-state index in [-0.39, 0.29) is 53.9 Å². The van der Waals surface area contributed by atoms with Gasteiger partial charge in [-0.1, -0.05) is 32.1 Å². The average Bonchev–Trinajstić information content (AvgIpc) is 3.44. The second-order valence-electron chi connectivity index (χ2n) is 15.1. The number of nitrogens with two attached hydrogens (primary N) is 3. The lowest BCUT2D eigenvalue weighted by atomic mass is 9.64. The van der Waals surface area contributed by atoms with Crippen molar-refractivity contribution in [1.29, 1.82) is 0 Å². The molecule has 3 heterocycles. The number of alkyl halides is 1. The number of ether oxygens (including phenoxy) is 1. The first-order valence-corrected chi connectivity index (χ1v) is 17.4. The number of amides is 1. The largest absolute Gasteiger partial charge is 0.370 e. The molecule has 0 aromatic carbocycles. The van der Waals surface area contributed by atoms with Gasteiger partial charge in [-0.2, -0.15) is 0 Å². The van der Waals surface area contributed by atoms with Gasteiger partial charge in [-0.15, -0.1) is 0 Å². The van der Waals surface area contributed by atoms with Crippen LogP contribution >= 0.6 is 0 Å². The number of nitrogens with one attached hydrogen (secondary N) is 1. The Labute approximate surface area is 260 Å². The molecule has 12 atom stereocenters. The van der Waals surface area contributed by atoms with Gasteiger partial charge < -0.3 is 32.2 Å². The lowest BCUT2D eigenvalue weighted by Crippen LogP contribution is -2.73. The number of carbonyl (C=O) groups is 2. The van der Waals surface area contributed by atoms with E-state index < -0.39 is 24.2 Å². The van der Waals surface area contributed by atoms with Crippen LogP contribution in [0.1, 0.15) is 77.0 Å². The molecule has 0 bridgehead atoms. The number of rotatable bonds is 6. The van der Waals surface area contributed by atoms with E-state index in [0.29, 0.717) is 43.3 Å². The molecule has 6 fully saturated rings. The average molecular weight is 614 g/mol. The van der Waals surface area contributed by atoms with E-state index in [1.165, 1.54) is 25.7 Å². The molecule has 44 heavy (non-hydrogen) atoms. The fraction of sp³-hybridized carbons (Fsp3) is 0.848. The third-order valence-electron chi connectivity index (χ3n) is 12.3. The van der Waals surface area contributed by atoms with Crippen LogP contribution in [0.25, 0.3) is 0 Å². The maximum Gasteiger partial charge on any atom is 0.256 e. The van der Waals surface area contributed by atoms with E-state index in [4.69, 9.17) is 21.9 Å². The minimum atomic E-state index is -1.20. The molecule has 4 saturated carbocycles. The molecule has 2 saturated heterocycles. The minimum absolute atomic E-state index is 0.0153. The molecular weight excluding hydrogens is 561 g/mol. The smallest absolute Gasteiger partial charge is 0.256 e. The van der Waals surface area contributed by atoms with Crippen LogP contribution in [0, 0.1) is 29.6 Å². The fourth-order valence-corrected chi connectivity index (χ4v) is 10.3. The predicted octanol–water partition coefficient (Wildman–Crippen LogP) is 1.82. The van der Waals surface area contributed by atoms with Crippen LogP contribution in [0.5, 0.6) is 0 Å². The van der Waals surface area contributed by atoms with E-state index in [0.717, 1.165) is 51.5 Å². The van der Waals surface area contributed by atoms with E-state index >= 15 is 4.39 Å². The van der Waals surface area contributed by atoms with Crippen LogP contribution < -0.4 is 22.5 Å². The highest BCUT2D eigenvalue weighted by Gasteiger charge is 2.61. The summed E-state index contributed by atoms with van der Waals surface area (Å²) in [5.74, 6) is 0.972. The monoisotopic (exact) mass is 613 g/mol. The highest BCUT2D eigenvalue weighted by Crippen LogP contribution is 2.51. The number of fused-ring (bicyclic) bond motifs is 3. The molecule has 1 amide bonds. The molecule has 7 aliphatic rings. The normalized spacial score (nSPS) is 43.7. The van der Waals surface area contributed by atoms with E-state index in [1.54, 1.807) is 0 Å². The second-order valence-corrected chi connectivity index (χ2v) is 15.1. The van der Waals surface area contributed by atoms with Gasteiger partial charge in [-0.3, -0.25) is 19.5 Å².